The van der Waals surface area contributed by atoms with Gasteiger partial charge in [-0.2, -0.15) is 5.26 Å². The highest BCUT2D eigenvalue weighted by molar-refractivity contribution is 5.34. The first-order chi connectivity index (χ1) is 6.79. The lowest BCUT2D eigenvalue weighted by Gasteiger charge is -2.03. The number of nitrogens with zero attached hydrogens (tertiary/aromatic N) is 1. The second-order valence-electron chi connectivity index (χ2n) is 2.69. The van der Waals surface area contributed by atoms with Crippen molar-refractivity contribution in [3.8, 4) is 6.07 Å². The molecule has 1 aromatic carbocycles. The van der Waals surface area contributed by atoms with Gasteiger partial charge in [-0.3, -0.25) is 0 Å². The summed E-state index contributed by atoms with van der Waals surface area (Å²) in [5.74, 6) is -0.501. The summed E-state index contributed by atoms with van der Waals surface area (Å²) >= 11 is 0. The van der Waals surface area contributed by atoms with Crippen molar-refractivity contribution in [3.63, 3.8) is 0 Å². The summed E-state index contributed by atoms with van der Waals surface area (Å²) in [6, 6.07) is 6.44. The van der Waals surface area contributed by atoms with Crippen LogP contribution in [-0.2, 0) is 11.3 Å². The zero-order valence-corrected chi connectivity index (χ0v) is 7.66. The molecule has 0 radical (unpaired) electrons. The van der Waals surface area contributed by atoms with Gasteiger partial charge in [0.05, 0.1) is 18.8 Å². The van der Waals surface area contributed by atoms with Crippen LogP contribution >= 0.6 is 0 Å². The van der Waals surface area contributed by atoms with E-state index < -0.39 is 5.82 Å². The molecular weight excluding hydrogens is 181 g/mol. The summed E-state index contributed by atoms with van der Waals surface area (Å²) in [6.45, 7) is 4.01. The Morgan fingerprint density at radius 1 is 1.57 bits per heavy atom. The summed E-state index contributed by atoms with van der Waals surface area (Å²) in [6.07, 6.45) is 1.59. The second-order valence-corrected chi connectivity index (χ2v) is 2.69. The molecule has 3 heteroatoms. The van der Waals surface area contributed by atoms with Gasteiger partial charge in [0.25, 0.3) is 0 Å². The Kier molecular flexibility index (Phi) is 3.84. The van der Waals surface area contributed by atoms with Gasteiger partial charge in [0.15, 0.2) is 0 Å². The van der Waals surface area contributed by atoms with E-state index in [-0.39, 0.29) is 12.2 Å². The standard InChI is InChI=1S/C11H10FNO/c1-2-6-14-8-10-5-3-4-9(7-13)11(10)12/h2-5H,1,6,8H2. The largest absolute Gasteiger partial charge is 0.373 e. The van der Waals surface area contributed by atoms with Crippen LogP contribution in [-0.4, -0.2) is 6.61 Å². The highest BCUT2D eigenvalue weighted by Crippen LogP contribution is 2.12. The number of hydrogen-bond donors (Lipinski definition) is 0. The van der Waals surface area contributed by atoms with Crippen LogP contribution in [0.4, 0.5) is 4.39 Å². The molecule has 0 aliphatic heterocycles. The van der Waals surface area contributed by atoms with Crippen LogP contribution in [0.3, 0.4) is 0 Å². The molecule has 72 valence electrons. The predicted octanol–water partition coefficient (Wildman–Crippen LogP) is 2.40. The fourth-order valence-electron chi connectivity index (χ4n) is 1.03. The van der Waals surface area contributed by atoms with Gasteiger partial charge in [-0.05, 0) is 6.07 Å². The lowest BCUT2D eigenvalue weighted by molar-refractivity contribution is 0.146. The van der Waals surface area contributed by atoms with Gasteiger partial charge in [0.1, 0.15) is 11.9 Å². The van der Waals surface area contributed by atoms with E-state index in [0.717, 1.165) is 0 Å². The van der Waals surface area contributed by atoms with Crippen molar-refractivity contribution < 1.29 is 9.13 Å². The Hall–Kier alpha value is -1.66. The molecule has 0 spiro atoms. The molecule has 0 amide bonds. The number of hydrogen-bond acceptors (Lipinski definition) is 2. The molecule has 0 aliphatic rings. The number of rotatable bonds is 4. The molecule has 0 aromatic heterocycles. The molecule has 0 N–H and O–H groups in total. The highest BCUT2D eigenvalue weighted by Gasteiger charge is 2.06. The van der Waals surface area contributed by atoms with Crippen molar-refractivity contribution in [1.29, 1.82) is 5.26 Å². The van der Waals surface area contributed by atoms with E-state index in [1.54, 1.807) is 24.3 Å². The summed E-state index contributed by atoms with van der Waals surface area (Å²) in [4.78, 5) is 0. The van der Waals surface area contributed by atoms with Crippen LogP contribution in [0.5, 0.6) is 0 Å². The van der Waals surface area contributed by atoms with E-state index in [1.807, 2.05) is 0 Å². The maximum atomic E-state index is 13.4. The average Bonchev–Trinajstić information content (AvgIpc) is 2.21. The molecule has 0 atom stereocenters. The molecule has 1 rings (SSSR count). The maximum absolute atomic E-state index is 13.4. The third-order valence-corrected chi connectivity index (χ3v) is 1.69. The van der Waals surface area contributed by atoms with Gasteiger partial charge in [-0.1, -0.05) is 18.2 Å². The smallest absolute Gasteiger partial charge is 0.146 e. The molecule has 0 saturated carbocycles. The number of halogens is 1. The summed E-state index contributed by atoms with van der Waals surface area (Å²) in [5.41, 5.74) is 0.440. The van der Waals surface area contributed by atoms with Gasteiger partial charge >= 0.3 is 0 Å². The first-order valence-electron chi connectivity index (χ1n) is 4.15. The van der Waals surface area contributed by atoms with Crippen molar-refractivity contribution in [1.82, 2.24) is 0 Å². The van der Waals surface area contributed by atoms with Gasteiger partial charge in [0.2, 0.25) is 0 Å². The summed E-state index contributed by atoms with van der Waals surface area (Å²) < 4.78 is 18.5. The third-order valence-electron chi connectivity index (χ3n) is 1.69. The number of nitriles is 1. The normalized spacial score (nSPS) is 9.43. The molecule has 0 saturated heterocycles. The molecule has 0 fully saturated rings. The quantitative estimate of drug-likeness (QED) is 0.540. The Labute approximate surface area is 82.2 Å². The van der Waals surface area contributed by atoms with Crippen LogP contribution < -0.4 is 0 Å². The average molecular weight is 191 g/mol. The molecule has 0 bridgehead atoms. The Morgan fingerprint density at radius 3 is 3.00 bits per heavy atom. The molecule has 14 heavy (non-hydrogen) atoms. The van der Waals surface area contributed by atoms with Crippen molar-refractivity contribution in [3.05, 3.63) is 47.8 Å². The topological polar surface area (TPSA) is 33.0 Å². The highest BCUT2D eigenvalue weighted by atomic mass is 19.1. The summed E-state index contributed by atoms with van der Waals surface area (Å²) in [7, 11) is 0. The Bertz CT molecular complexity index is 368. The first kappa shape index (κ1) is 10.4. The maximum Gasteiger partial charge on any atom is 0.146 e. The third kappa shape index (κ3) is 2.41. The lowest BCUT2D eigenvalue weighted by Crippen LogP contribution is -1.97. The zero-order valence-electron chi connectivity index (χ0n) is 7.66. The van der Waals surface area contributed by atoms with Gasteiger partial charge in [0, 0.05) is 5.56 Å². The first-order valence-corrected chi connectivity index (χ1v) is 4.15. The fraction of sp³-hybridized carbons (Fsp3) is 0.182. The van der Waals surface area contributed by atoms with Crippen molar-refractivity contribution >= 4 is 0 Å². The second kappa shape index (κ2) is 5.15. The van der Waals surface area contributed by atoms with E-state index in [0.29, 0.717) is 12.2 Å². The molecule has 0 aliphatic carbocycles. The summed E-state index contributed by atoms with van der Waals surface area (Å²) in [5, 5.41) is 8.57. The van der Waals surface area contributed by atoms with Gasteiger partial charge in [-0.15, -0.1) is 6.58 Å². The van der Waals surface area contributed by atoms with Crippen LogP contribution in [0.1, 0.15) is 11.1 Å². The van der Waals surface area contributed by atoms with Crippen LogP contribution in [0.25, 0.3) is 0 Å². The van der Waals surface area contributed by atoms with Crippen LogP contribution in [0, 0.1) is 17.1 Å². The van der Waals surface area contributed by atoms with Crippen molar-refractivity contribution in [2.75, 3.05) is 6.61 Å². The van der Waals surface area contributed by atoms with Crippen molar-refractivity contribution in [2.24, 2.45) is 0 Å². The van der Waals surface area contributed by atoms with Gasteiger partial charge < -0.3 is 4.74 Å². The van der Waals surface area contributed by atoms with Crippen LogP contribution in [0.2, 0.25) is 0 Å². The Balaban J connectivity index is 2.77. The molecule has 0 unspecified atom stereocenters. The molecule has 0 heterocycles. The molecule has 2 nitrogen and oxygen atoms in total. The zero-order chi connectivity index (χ0) is 10.4. The van der Waals surface area contributed by atoms with E-state index >= 15 is 0 Å². The minimum Gasteiger partial charge on any atom is -0.373 e. The Morgan fingerprint density at radius 2 is 2.36 bits per heavy atom. The number of benzene rings is 1. The van der Waals surface area contributed by atoms with E-state index in [2.05, 4.69) is 6.58 Å². The SMILES string of the molecule is C=CCOCc1cccc(C#N)c1F. The predicted molar refractivity (Wildman–Crippen MR) is 51.0 cm³/mol. The minimum atomic E-state index is -0.501. The van der Waals surface area contributed by atoms with E-state index in [4.69, 9.17) is 10.00 Å². The number of ether oxygens (including phenoxy) is 1. The van der Waals surface area contributed by atoms with Crippen LogP contribution in [0.15, 0.2) is 30.9 Å². The van der Waals surface area contributed by atoms with Gasteiger partial charge in [-0.25, -0.2) is 4.39 Å². The minimum absolute atomic E-state index is 0.0460. The lowest BCUT2D eigenvalue weighted by atomic mass is 10.1. The molecular formula is C11H10FNO. The van der Waals surface area contributed by atoms with Crippen molar-refractivity contribution in [2.45, 2.75) is 6.61 Å². The molecule has 1 aromatic rings. The van der Waals surface area contributed by atoms with E-state index in [9.17, 15) is 4.39 Å². The monoisotopic (exact) mass is 191 g/mol. The fourth-order valence-corrected chi connectivity index (χ4v) is 1.03. The van der Waals surface area contributed by atoms with E-state index in [1.165, 1.54) is 6.07 Å².